The topological polar surface area (TPSA) is 66.1 Å². The number of likely N-dealkylation sites (tertiary alicyclic amines) is 1. The highest BCUT2D eigenvalue weighted by molar-refractivity contribution is 7.90. The molecular formula is C21H21N3O2S. The molecule has 0 bridgehead atoms. The van der Waals surface area contributed by atoms with Gasteiger partial charge in [-0.1, -0.05) is 35.9 Å². The number of hydrogen-bond acceptors (Lipinski definition) is 4. The van der Waals surface area contributed by atoms with Gasteiger partial charge in [-0.05, 0) is 43.7 Å². The number of nitrogens with zero attached hydrogens (tertiary/aromatic N) is 3. The van der Waals surface area contributed by atoms with Crippen LogP contribution in [0.1, 0.15) is 17.5 Å². The molecule has 0 N–H and O–H groups in total. The van der Waals surface area contributed by atoms with E-state index in [4.69, 9.17) is 5.26 Å². The first kappa shape index (κ1) is 17.8. The van der Waals surface area contributed by atoms with Crippen molar-refractivity contribution in [2.24, 2.45) is 5.92 Å². The van der Waals surface area contributed by atoms with Gasteiger partial charge in [0, 0.05) is 24.7 Å². The van der Waals surface area contributed by atoms with Crippen molar-refractivity contribution in [1.29, 1.82) is 5.26 Å². The summed E-state index contributed by atoms with van der Waals surface area (Å²) in [6.45, 7) is 4.18. The lowest BCUT2D eigenvalue weighted by atomic mass is 10.1. The Morgan fingerprint density at radius 2 is 1.89 bits per heavy atom. The van der Waals surface area contributed by atoms with Gasteiger partial charge in [0.1, 0.15) is 0 Å². The van der Waals surface area contributed by atoms with Crippen molar-refractivity contribution < 1.29 is 8.42 Å². The van der Waals surface area contributed by atoms with Gasteiger partial charge in [0.2, 0.25) is 0 Å². The average molecular weight is 379 g/mol. The molecule has 1 atom stereocenters. The molecule has 1 fully saturated rings. The molecule has 3 aromatic rings. The smallest absolute Gasteiger partial charge is 0.268 e. The summed E-state index contributed by atoms with van der Waals surface area (Å²) >= 11 is 0. The molecule has 1 aliphatic heterocycles. The predicted octanol–water partition coefficient (Wildman–Crippen LogP) is 3.53. The molecule has 2 heterocycles. The average Bonchev–Trinajstić information content (AvgIpc) is 3.28. The van der Waals surface area contributed by atoms with Crippen LogP contribution in [0.2, 0.25) is 0 Å². The number of aryl methyl sites for hydroxylation is 1. The number of para-hydroxylation sites is 1. The van der Waals surface area contributed by atoms with E-state index in [9.17, 15) is 8.42 Å². The summed E-state index contributed by atoms with van der Waals surface area (Å²) in [7, 11) is -3.66. The van der Waals surface area contributed by atoms with E-state index in [1.807, 2.05) is 43.3 Å². The summed E-state index contributed by atoms with van der Waals surface area (Å²) in [6, 6.07) is 16.8. The van der Waals surface area contributed by atoms with Crippen molar-refractivity contribution in [3.63, 3.8) is 0 Å². The highest BCUT2D eigenvalue weighted by atomic mass is 32.2. The third-order valence-corrected chi connectivity index (χ3v) is 6.88. The zero-order valence-electron chi connectivity index (χ0n) is 15.2. The Morgan fingerprint density at radius 3 is 2.59 bits per heavy atom. The molecule has 138 valence electrons. The van der Waals surface area contributed by atoms with E-state index in [0.717, 1.165) is 36.0 Å². The van der Waals surface area contributed by atoms with Crippen molar-refractivity contribution in [2.75, 3.05) is 13.1 Å². The first-order chi connectivity index (χ1) is 13.0. The molecule has 2 aromatic carbocycles. The lowest BCUT2D eigenvalue weighted by Gasteiger charge is -2.13. The van der Waals surface area contributed by atoms with Crippen molar-refractivity contribution in [2.45, 2.75) is 24.8 Å². The number of hydrogen-bond donors (Lipinski definition) is 0. The fraction of sp³-hybridized carbons (Fsp3) is 0.286. The summed E-state index contributed by atoms with van der Waals surface area (Å²) in [5.74, 6) is 0.0645. The maximum atomic E-state index is 13.2. The summed E-state index contributed by atoms with van der Waals surface area (Å²) in [6.07, 6.45) is 2.61. The third kappa shape index (κ3) is 3.25. The standard InChI is InChI=1S/C21H21N3O2S/c1-16-6-8-19(9-7-16)27(25,26)24-15-18(20-4-2-3-5-21(20)24)14-23-11-10-17(12-22)13-23/h2-9,15,17H,10-11,13-14H2,1H3. The number of nitriles is 1. The second-order valence-corrected chi connectivity index (χ2v) is 8.95. The van der Waals surface area contributed by atoms with Gasteiger partial charge in [0.15, 0.2) is 0 Å². The van der Waals surface area contributed by atoms with E-state index in [-0.39, 0.29) is 10.8 Å². The Morgan fingerprint density at radius 1 is 1.15 bits per heavy atom. The zero-order chi connectivity index (χ0) is 19.0. The summed E-state index contributed by atoms with van der Waals surface area (Å²) < 4.78 is 27.8. The van der Waals surface area contributed by atoms with Gasteiger partial charge in [-0.25, -0.2) is 12.4 Å². The second kappa shape index (κ2) is 6.84. The Hall–Kier alpha value is -2.62. The maximum Gasteiger partial charge on any atom is 0.268 e. The molecule has 1 unspecified atom stereocenters. The zero-order valence-corrected chi connectivity index (χ0v) is 16.0. The fourth-order valence-electron chi connectivity index (χ4n) is 3.69. The maximum absolute atomic E-state index is 13.2. The van der Waals surface area contributed by atoms with Crippen LogP contribution >= 0.6 is 0 Å². The van der Waals surface area contributed by atoms with Gasteiger partial charge < -0.3 is 0 Å². The molecule has 0 saturated carbocycles. The summed E-state index contributed by atoms with van der Waals surface area (Å²) in [4.78, 5) is 2.50. The van der Waals surface area contributed by atoms with Crippen LogP contribution in [0.3, 0.4) is 0 Å². The van der Waals surface area contributed by atoms with E-state index >= 15 is 0 Å². The van der Waals surface area contributed by atoms with Gasteiger partial charge in [0.25, 0.3) is 10.0 Å². The van der Waals surface area contributed by atoms with Gasteiger partial charge in [-0.3, -0.25) is 4.90 Å². The number of fused-ring (bicyclic) bond motifs is 1. The van der Waals surface area contributed by atoms with Crippen LogP contribution in [0.15, 0.2) is 59.6 Å². The number of aromatic nitrogens is 1. The molecule has 1 saturated heterocycles. The molecule has 0 amide bonds. The third-order valence-electron chi connectivity index (χ3n) is 5.19. The van der Waals surface area contributed by atoms with Crippen molar-refractivity contribution in [3.8, 4) is 6.07 Å². The SMILES string of the molecule is Cc1ccc(S(=O)(=O)n2cc(CN3CCC(C#N)C3)c3ccccc32)cc1. The Kier molecular flexibility index (Phi) is 4.50. The normalized spacial score (nSPS) is 18.0. The van der Waals surface area contributed by atoms with Crippen LogP contribution in [0.5, 0.6) is 0 Å². The molecule has 4 rings (SSSR count). The van der Waals surface area contributed by atoms with Crippen LogP contribution in [0, 0.1) is 24.2 Å². The van der Waals surface area contributed by atoms with Gasteiger partial charge >= 0.3 is 0 Å². The van der Waals surface area contributed by atoms with Crippen LogP contribution in [0.4, 0.5) is 0 Å². The van der Waals surface area contributed by atoms with Crippen molar-refractivity contribution >= 4 is 20.9 Å². The van der Waals surface area contributed by atoms with Gasteiger partial charge in [0.05, 0.1) is 22.4 Å². The summed E-state index contributed by atoms with van der Waals surface area (Å²) in [5.41, 5.74) is 2.68. The minimum Gasteiger partial charge on any atom is -0.298 e. The number of benzene rings is 2. The molecule has 0 spiro atoms. The molecule has 1 aliphatic rings. The van der Waals surface area contributed by atoms with Crippen LogP contribution < -0.4 is 0 Å². The molecule has 1 aromatic heterocycles. The van der Waals surface area contributed by atoms with Gasteiger partial charge in [-0.15, -0.1) is 0 Å². The van der Waals surface area contributed by atoms with Gasteiger partial charge in [-0.2, -0.15) is 5.26 Å². The van der Waals surface area contributed by atoms with Crippen LogP contribution in [-0.2, 0) is 16.6 Å². The Bertz CT molecular complexity index is 1120. The molecule has 5 nitrogen and oxygen atoms in total. The Balaban J connectivity index is 1.76. The van der Waals surface area contributed by atoms with E-state index in [1.165, 1.54) is 3.97 Å². The summed E-state index contributed by atoms with van der Waals surface area (Å²) in [5, 5.41) is 10.1. The van der Waals surface area contributed by atoms with E-state index in [2.05, 4.69) is 11.0 Å². The van der Waals surface area contributed by atoms with Crippen LogP contribution in [-0.4, -0.2) is 30.4 Å². The highest BCUT2D eigenvalue weighted by Gasteiger charge is 2.25. The van der Waals surface area contributed by atoms with Crippen LogP contribution in [0.25, 0.3) is 10.9 Å². The number of rotatable bonds is 4. The first-order valence-corrected chi connectivity index (χ1v) is 10.5. The van der Waals surface area contributed by atoms with Crippen molar-refractivity contribution in [1.82, 2.24) is 8.87 Å². The predicted molar refractivity (Wildman–Crippen MR) is 105 cm³/mol. The van der Waals surface area contributed by atoms with E-state index < -0.39 is 10.0 Å². The lowest BCUT2D eigenvalue weighted by Crippen LogP contribution is -2.19. The van der Waals surface area contributed by atoms with Crippen molar-refractivity contribution in [3.05, 3.63) is 65.9 Å². The molecule has 0 radical (unpaired) electrons. The molecule has 27 heavy (non-hydrogen) atoms. The molecular weight excluding hydrogens is 358 g/mol. The quantitative estimate of drug-likeness (QED) is 0.695. The monoisotopic (exact) mass is 379 g/mol. The second-order valence-electron chi connectivity index (χ2n) is 7.14. The van der Waals surface area contributed by atoms with E-state index in [1.54, 1.807) is 18.3 Å². The molecule has 0 aliphatic carbocycles. The minimum absolute atomic E-state index is 0.0645. The lowest BCUT2D eigenvalue weighted by molar-refractivity contribution is 0.326. The highest BCUT2D eigenvalue weighted by Crippen LogP contribution is 2.28. The fourth-order valence-corrected chi connectivity index (χ4v) is 5.08. The molecule has 6 heteroatoms. The van der Waals surface area contributed by atoms with E-state index in [0.29, 0.717) is 12.1 Å². The largest absolute Gasteiger partial charge is 0.298 e. The Labute approximate surface area is 159 Å². The minimum atomic E-state index is -3.66. The first-order valence-electron chi connectivity index (χ1n) is 9.02.